The van der Waals surface area contributed by atoms with Crippen LogP contribution in [-0.2, 0) is 12.0 Å². The Bertz CT molecular complexity index is 892. The molecule has 3 rings (SSSR count). The molecule has 146 valence electrons. The van der Waals surface area contributed by atoms with Crippen molar-refractivity contribution in [3.8, 4) is 5.75 Å². The first-order valence-corrected chi connectivity index (χ1v) is 10.3. The summed E-state index contributed by atoms with van der Waals surface area (Å²) < 4.78 is 5.75. The number of hydrogen-bond donors (Lipinski definition) is 1. The Morgan fingerprint density at radius 3 is 2.68 bits per heavy atom. The second kappa shape index (κ2) is 9.02. The first-order chi connectivity index (χ1) is 13.4. The molecule has 0 aliphatic rings. The number of thiazole rings is 1. The molecule has 4 nitrogen and oxygen atoms in total. The van der Waals surface area contributed by atoms with Crippen LogP contribution >= 0.6 is 11.3 Å². The molecule has 0 spiro atoms. The van der Waals surface area contributed by atoms with Crippen molar-refractivity contribution in [3.63, 3.8) is 0 Å². The van der Waals surface area contributed by atoms with E-state index < -0.39 is 0 Å². The number of ether oxygens (including phenoxy) is 1. The number of carbonyl (C=O) groups excluding carboxylic acids is 1. The minimum atomic E-state index is -0.0875. The minimum Gasteiger partial charge on any atom is -0.487 e. The van der Waals surface area contributed by atoms with E-state index in [4.69, 9.17) is 4.74 Å². The summed E-state index contributed by atoms with van der Waals surface area (Å²) >= 11 is 1.54. The molecule has 1 atom stereocenters. The molecule has 1 unspecified atom stereocenters. The number of amides is 1. The molecule has 0 fully saturated rings. The van der Waals surface area contributed by atoms with Crippen LogP contribution in [0.25, 0.3) is 0 Å². The summed E-state index contributed by atoms with van der Waals surface area (Å²) in [5, 5.41) is 5.06. The van der Waals surface area contributed by atoms with E-state index in [-0.39, 0.29) is 17.4 Å². The third-order valence-corrected chi connectivity index (χ3v) is 5.35. The minimum absolute atomic E-state index is 0.0214. The van der Waals surface area contributed by atoms with Gasteiger partial charge in [0.25, 0.3) is 5.91 Å². The number of nitrogens with one attached hydrogen (secondary N) is 1. The predicted molar refractivity (Wildman–Crippen MR) is 114 cm³/mol. The van der Waals surface area contributed by atoms with Gasteiger partial charge in [0, 0.05) is 17.0 Å². The molecule has 1 amide bonds. The van der Waals surface area contributed by atoms with Crippen LogP contribution in [0.3, 0.4) is 0 Å². The van der Waals surface area contributed by atoms with Crippen LogP contribution in [0.5, 0.6) is 5.75 Å². The fourth-order valence-electron chi connectivity index (χ4n) is 3.32. The van der Waals surface area contributed by atoms with Gasteiger partial charge in [0.15, 0.2) is 0 Å². The highest BCUT2D eigenvalue weighted by Gasteiger charge is 2.24. The van der Waals surface area contributed by atoms with Crippen LogP contribution < -0.4 is 10.1 Å². The van der Waals surface area contributed by atoms with Crippen LogP contribution in [0.15, 0.2) is 65.5 Å². The fourth-order valence-corrected chi connectivity index (χ4v) is 3.87. The molecular formula is C23H26N2O2S. The van der Waals surface area contributed by atoms with E-state index in [0.717, 1.165) is 12.1 Å². The zero-order chi connectivity index (χ0) is 20.0. The standard InChI is InChI=1S/C23H26N2O2S/c1-17(13-23(2,3)19-9-5-4-6-10-19)25-22(26)18-8-7-11-21(12-18)27-14-20-15-28-16-24-20/h4-12,15-17H,13-14H2,1-3H3,(H,25,26). The number of hydrogen-bond acceptors (Lipinski definition) is 4. The lowest BCUT2D eigenvalue weighted by molar-refractivity contribution is 0.0934. The van der Waals surface area contributed by atoms with Crippen molar-refractivity contribution in [1.29, 1.82) is 0 Å². The first-order valence-electron chi connectivity index (χ1n) is 9.40. The van der Waals surface area contributed by atoms with Crippen molar-refractivity contribution in [2.24, 2.45) is 0 Å². The Balaban J connectivity index is 1.58. The van der Waals surface area contributed by atoms with E-state index in [1.54, 1.807) is 17.6 Å². The number of nitrogens with zero attached hydrogens (tertiary/aromatic N) is 1. The number of benzene rings is 2. The zero-order valence-corrected chi connectivity index (χ0v) is 17.3. The maximum atomic E-state index is 12.7. The predicted octanol–water partition coefficient (Wildman–Crippen LogP) is 5.21. The quantitative estimate of drug-likeness (QED) is 0.571. The van der Waals surface area contributed by atoms with Gasteiger partial charge < -0.3 is 10.1 Å². The van der Waals surface area contributed by atoms with Gasteiger partial charge >= 0.3 is 0 Å². The zero-order valence-electron chi connectivity index (χ0n) is 16.5. The van der Waals surface area contributed by atoms with Gasteiger partial charge in [-0.25, -0.2) is 4.98 Å². The van der Waals surface area contributed by atoms with E-state index in [2.05, 4.69) is 48.4 Å². The van der Waals surface area contributed by atoms with Gasteiger partial charge in [-0.1, -0.05) is 50.2 Å². The average molecular weight is 395 g/mol. The van der Waals surface area contributed by atoms with E-state index in [1.807, 2.05) is 30.5 Å². The van der Waals surface area contributed by atoms with Crippen LogP contribution in [0.1, 0.15) is 48.8 Å². The molecule has 0 saturated heterocycles. The lowest BCUT2D eigenvalue weighted by Gasteiger charge is -2.29. The highest BCUT2D eigenvalue weighted by molar-refractivity contribution is 7.07. The van der Waals surface area contributed by atoms with Crippen LogP contribution in [0.2, 0.25) is 0 Å². The van der Waals surface area contributed by atoms with E-state index in [1.165, 1.54) is 16.9 Å². The highest BCUT2D eigenvalue weighted by atomic mass is 32.1. The summed E-state index contributed by atoms with van der Waals surface area (Å²) in [6.45, 7) is 6.86. The second-order valence-corrected chi connectivity index (χ2v) is 8.34. The molecule has 5 heteroatoms. The molecule has 2 aromatic carbocycles. The summed E-state index contributed by atoms with van der Waals surface area (Å²) in [6, 6.07) is 17.7. The molecule has 0 aliphatic heterocycles. The summed E-state index contributed by atoms with van der Waals surface area (Å²) in [4.78, 5) is 16.9. The largest absolute Gasteiger partial charge is 0.487 e. The van der Waals surface area contributed by atoms with E-state index in [9.17, 15) is 4.79 Å². The van der Waals surface area contributed by atoms with Gasteiger partial charge in [0.1, 0.15) is 12.4 Å². The monoisotopic (exact) mass is 394 g/mol. The van der Waals surface area contributed by atoms with Crippen molar-refractivity contribution in [3.05, 3.63) is 82.3 Å². The Hall–Kier alpha value is -2.66. The molecule has 0 aliphatic carbocycles. The van der Waals surface area contributed by atoms with Crippen LogP contribution in [0.4, 0.5) is 0 Å². The maximum absolute atomic E-state index is 12.7. The molecular weight excluding hydrogens is 368 g/mol. The molecule has 1 N–H and O–H groups in total. The Morgan fingerprint density at radius 2 is 1.96 bits per heavy atom. The van der Waals surface area contributed by atoms with Gasteiger partial charge in [-0.05, 0) is 42.5 Å². The Morgan fingerprint density at radius 1 is 1.18 bits per heavy atom. The molecule has 0 saturated carbocycles. The maximum Gasteiger partial charge on any atom is 0.251 e. The topological polar surface area (TPSA) is 51.2 Å². The van der Waals surface area contributed by atoms with E-state index in [0.29, 0.717) is 17.9 Å². The summed E-state index contributed by atoms with van der Waals surface area (Å²) in [6.07, 6.45) is 0.850. The summed E-state index contributed by atoms with van der Waals surface area (Å²) in [5.41, 5.74) is 4.51. The smallest absolute Gasteiger partial charge is 0.251 e. The lowest BCUT2D eigenvalue weighted by atomic mass is 9.79. The third-order valence-electron chi connectivity index (χ3n) is 4.72. The van der Waals surface area contributed by atoms with E-state index >= 15 is 0 Å². The van der Waals surface area contributed by atoms with Crippen LogP contribution in [-0.4, -0.2) is 16.9 Å². The first kappa shape index (κ1) is 20.1. The Labute approximate surface area is 170 Å². The van der Waals surface area contributed by atoms with Crippen molar-refractivity contribution in [1.82, 2.24) is 10.3 Å². The number of carbonyl (C=O) groups is 1. The summed E-state index contributed by atoms with van der Waals surface area (Å²) in [7, 11) is 0. The fraction of sp³-hybridized carbons (Fsp3) is 0.304. The van der Waals surface area contributed by atoms with Gasteiger partial charge in [-0.3, -0.25) is 4.79 Å². The summed E-state index contributed by atoms with van der Waals surface area (Å²) in [5.74, 6) is 0.577. The average Bonchev–Trinajstić information content (AvgIpc) is 3.20. The molecule has 28 heavy (non-hydrogen) atoms. The Kier molecular flexibility index (Phi) is 6.47. The second-order valence-electron chi connectivity index (χ2n) is 7.62. The molecule has 0 radical (unpaired) electrons. The number of aromatic nitrogens is 1. The third kappa shape index (κ3) is 5.42. The van der Waals surface area contributed by atoms with Crippen LogP contribution in [0, 0.1) is 0 Å². The normalized spacial score (nSPS) is 12.4. The van der Waals surface area contributed by atoms with Crippen molar-refractivity contribution >= 4 is 17.2 Å². The van der Waals surface area contributed by atoms with Gasteiger partial charge in [0.05, 0.1) is 11.2 Å². The molecule has 1 heterocycles. The molecule has 3 aromatic rings. The molecule has 0 bridgehead atoms. The lowest BCUT2D eigenvalue weighted by Crippen LogP contribution is -2.37. The SMILES string of the molecule is CC(CC(C)(C)c1ccccc1)NC(=O)c1cccc(OCc2cscn2)c1. The van der Waals surface area contributed by atoms with Gasteiger partial charge in [-0.2, -0.15) is 0 Å². The van der Waals surface area contributed by atoms with Crippen molar-refractivity contribution in [2.45, 2.75) is 45.3 Å². The highest BCUT2D eigenvalue weighted by Crippen LogP contribution is 2.28. The van der Waals surface area contributed by atoms with Gasteiger partial charge in [-0.15, -0.1) is 11.3 Å². The number of rotatable bonds is 8. The van der Waals surface area contributed by atoms with Crippen molar-refractivity contribution in [2.75, 3.05) is 0 Å². The van der Waals surface area contributed by atoms with Gasteiger partial charge in [0.2, 0.25) is 0 Å². The molecule has 1 aromatic heterocycles. The van der Waals surface area contributed by atoms with Crippen molar-refractivity contribution < 1.29 is 9.53 Å².